The standard InChI is InChI=1S/C29H33N7O2S/c1-4-25-19-32-29(39-25)34-28(38)20(2)21-7-5-8-22(15-21)24-16-23(17-30)27(31-18-24)33-26(37)9-6-10-36-13-11-35(3)12-14-36/h5-9,15-16,18-20H,4,10-14H2,1-3H3,(H,31,33,37)(H,32,34,38)/b9-6+/t20-/m0/s1. The predicted octanol–water partition coefficient (Wildman–Crippen LogP) is 4.12. The number of hydrogen-bond donors (Lipinski definition) is 2. The van der Waals surface area contributed by atoms with Crippen LogP contribution in [-0.2, 0) is 16.0 Å². The number of carbonyl (C=O) groups is 2. The molecule has 1 atom stereocenters. The molecule has 1 fully saturated rings. The molecule has 0 spiro atoms. The smallest absolute Gasteiger partial charge is 0.249 e. The number of pyridine rings is 1. The van der Waals surface area contributed by atoms with Crippen molar-refractivity contribution >= 4 is 34.1 Å². The summed E-state index contributed by atoms with van der Waals surface area (Å²) in [5.74, 6) is -0.652. The second kappa shape index (κ2) is 13.2. The number of anilines is 2. The average Bonchev–Trinajstić information content (AvgIpc) is 3.41. The average molecular weight is 544 g/mol. The highest BCUT2D eigenvalue weighted by Gasteiger charge is 2.18. The first-order valence-corrected chi connectivity index (χ1v) is 13.8. The Hall–Kier alpha value is -3.91. The van der Waals surface area contributed by atoms with Gasteiger partial charge in [-0.15, -0.1) is 11.3 Å². The molecule has 3 heterocycles. The van der Waals surface area contributed by atoms with Gasteiger partial charge in [0.1, 0.15) is 6.07 Å². The van der Waals surface area contributed by atoms with Crippen molar-refractivity contribution in [3.8, 4) is 17.2 Å². The van der Waals surface area contributed by atoms with Crippen molar-refractivity contribution in [1.29, 1.82) is 5.26 Å². The Labute approximate surface area is 233 Å². The molecular formula is C29H33N7O2S. The number of rotatable bonds is 9. The highest BCUT2D eigenvalue weighted by Crippen LogP contribution is 2.27. The van der Waals surface area contributed by atoms with Gasteiger partial charge in [0.05, 0.1) is 11.5 Å². The van der Waals surface area contributed by atoms with Gasteiger partial charge < -0.3 is 15.5 Å². The Morgan fingerprint density at radius 2 is 1.92 bits per heavy atom. The number of nitriles is 1. The largest absolute Gasteiger partial charge is 0.306 e. The summed E-state index contributed by atoms with van der Waals surface area (Å²) < 4.78 is 0. The van der Waals surface area contributed by atoms with Gasteiger partial charge in [-0.05, 0) is 37.6 Å². The number of piperazine rings is 1. The first kappa shape index (κ1) is 28.1. The lowest BCUT2D eigenvalue weighted by Gasteiger charge is -2.31. The molecule has 2 N–H and O–H groups in total. The molecule has 0 radical (unpaired) electrons. The first-order valence-electron chi connectivity index (χ1n) is 13.0. The number of thiazole rings is 1. The molecular weight excluding hydrogens is 510 g/mol. The number of nitrogens with one attached hydrogen (secondary N) is 2. The molecule has 1 aromatic carbocycles. The maximum absolute atomic E-state index is 12.8. The Morgan fingerprint density at radius 1 is 1.13 bits per heavy atom. The van der Waals surface area contributed by atoms with Crippen molar-refractivity contribution in [2.24, 2.45) is 0 Å². The van der Waals surface area contributed by atoms with Crippen molar-refractivity contribution in [1.82, 2.24) is 19.8 Å². The van der Waals surface area contributed by atoms with Crippen LogP contribution in [0.4, 0.5) is 10.9 Å². The number of carbonyl (C=O) groups excluding carboxylic acids is 2. The van der Waals surface area contributed by atoms with Gasteiger partial charge in [-0.2, -0.15) is 5.26 Å². The number of likely N-dealkylation sites (N-methyl/N-ethyl adjacent to an activating group) is 1. The van der Waals surface area contributed by atoms with E-state index < -0.39 is 5.92 Å². The zero-order chi connectivity index (χ0) is 27.8. The molecule has 0 unspecified atom stereocenters. The fourth-order valence-electron chi connectivity index (χ4n) is 4.19. The maximum atomic E-state index is 12.8. The summed E-state index contributed by atoms with van der Waals surface area (Å²) >= 11 is 1.47. The van der Waals surface area contributed by atoms with E-state index in [1.54, 1.807) is 18.5 Å². The molecule has 9 nitrogen and oxygen atoms in total. The third-order valence-corrected chi connectivity index (χ3v) is 7.78. The lowest BCUT2D eigenvalue weighted by molar-refractivity contribution is -0.117. The van der Waals surface area contributed by atoms with Crippen LogP contribution in [-0.4, -0.2) is 71.4 Å². The summed E-state index contributed by atoms with van der Waals surface area (Å²) in [4.78, 5) is 39.6. The zero-order valence-electron chi connectivity index (χ0n) is 22.5. The van der Waals surface area contributed by atoms with Crippen LogP contribution in [0.15, 0.2) is 54.9 Å². The fraction of sp³-hybridized carbons (Fsp3) is 0.345. The van der Waals surface area contributed by atoms with Crippen LogP contribution < -0.4 is 10.6 Å². The van der Waals surface area contributed by atoms with Gasteiger partial charge in [0.15, 0.2) is 10.9 Å². The van der Waals surface area contributed by atoms with Crippen LogP contribution in [0.5, 0.6) is 0 Å². The van der Waals surface area contributed by atoms with Gasteiger partial charge in [-0.25, -0.2) is 9.97 Å². The molecule has 0 bridgehead atoms. The van der Waals surface area contributed by atoms with Crippen molar-refractivity contribution < 1.29 is 9.59 Å². The molecule has 1 aliphatic heterocycles. The third kappa shape index (κ3) is 7.57. The third-order valence-electron chi connectivity index (χ3n) is 6.72. The molecule has 39 heavy (non-hydrogen) atoms. The molecule has 0 saturated carbocycles. The maximum Gasteiger partial charge on any atom is 0.249 e. The van der Waals surface area contributed by atoms with Crippen LogP contribution in [0.1, 0.15) is 35.8 Å². The predicted molar refractivity (Wildman–Crippen MR) is 155 cm³/mol. The Kier molecular flexibility index (Phi) is 9.54. The van der Waals surface area contributed by atoms with E-state index in [0.717, 1.165) is 54.2 Å². The van der Waals surface area contributed by atoms with Crippen LogP contribution in [0, 0.1) is 11.3 Å². The molecule has 10 heteroatoms. The molecule has 2 aromatic heterocycles. The second-order valence-corrected chi connectivity index (χ2v) is 10.7. The number of benzene rings is 1. The van der Waals surface area contributed by atoms with E-state index in [0.29, 0.717) is 11.7 Å². The molecule has 4 rings (SSSR count). The van der Waals surface area contributed by atoms with Crippen LogP contribution in [0.25, 0.3) is 11.1 Å². The van der Waals surface area contributed by atoms with Crippen molar-refractivity contribution in [2.45, 2.75) is 26.2 Å². The fourth-order valence-corrected chi connectivity index (χ4v) is 4.94. The normalized spacial score (nSPS) is 15.1. The van der Waals surface area contributed by atoms with E-state index in [1.165, 1.54) is 17.4 Å². The summed E-state index contributed by atoms with van der Waals surface area (Å²) in [5, 5.41) is 15.9. The highest BCUT2D eigenvalue weighted by atomic mass is 32.1. The number of aryl methyl sites for hydroxylation is 1. The molecule has 3 aromatic rings. The Balaban J connectivity index is 1.40. The number of hydrogen-bond acceptors (Lipinski definition) is 8. The highest BCUT2D eigenvalue weighted by molar-refractivity contribution is 7.15. The summed E-state index contributed by atoms with van der Waals surface area (Å²) in [6, 6.07) is 11.4. The van der Waals surface area contributed by atoms with Crippen LogP contribution in [0.2, 0.25) is 0 Å². The topological polar surface area (TPSA) is 114 Å². The van der Waals surface area contributed by atoms with E-state index in [4.69, 9.17) is 0 Å². The number of aromatic nitrogens is 2. The van der Waals surface area contributed by atoms with Crippen molar-refractivity contribution in [2.75, 3.05) is 50.4 Å². The van der Waals surface area contributed by atoms with Crippen LogP contribution in [0.3, 0.4) is 0 Å². The summed E-state index contributed by atoms with van der Waals surface area (Å²) in [7, 11) is 2.11. The first-order chi connectivity index (χ1) is 18.9. The van der Waals surface area contributed by atoms with Gasteiger partial charge >= 0.3 is 0 Å². The molecule has 1 saturated heterocycles. The zero-order valence-corrected chi connectivity index (χ0v) is 23.3. The van der Waals surface area contributed by atoms with Gasteiger partial charge in [0.25, 0.3) is 0 Å². The minimum atomic E-state index is -0.404. The summed E-state index contributed by atoms with van der Waals surface area (Å²) in [6.45, 7) is 8.58. The van der Waals surface area contributed by atoms with E-state index in [2.05, 4.69) is 43.5 Å². The van der Waals surface area contributed by atoms with Crippen LogP contribution >= 0.6 is 11.3 Å². The lowest BCUT2D eigenvalue weighted by atomic mass is 9.96. The summed E-state index contributed by atoms with van der Waals surface area (Å²) in [6.07, 6.45) is 7.60. The van der Waals surface area contributed by atoms with Gasteiger partial charge in [0.2, 0.25) is 11.8 Å². The molecule has 202 valence electrons. The second-order valence-electron chi connectivity index (χ2n) is 9.55. The minimum absolute atomic E-state index is 0.140. The minimum Gasteiger partial charge on any atom is -0.306 e. The summed E-state index contributed by atoms with van der Waals surface area (Å²) in [5.41, 5.74) is 2.64. The van der Waals surface area contributed by atoms with Crippen molar-refractivity contribution in [3.05, 3.63) is 70.9 Å². The van der Waals surface area contributed by atoms with E-state index in [9.17, 15) is 14.9 Å². The number of amides is 2. The monoisotopic (exact) mass is 543 g/mol. The van der Waals surface area contributed by atoms with E-state index in [-0.39, 0.29) is 23.2 Å². The van der Waals surface area contributed by atoms with Gasteiger partial charge in [-0.1, -0.05) is 37.3 Å². The quantitative estimate of drug-likeness (QED) is 0.390. The molecule has 2 amide bonds. The van der Waals surface area contributed by atoms with Crippen molar-refractivity contribution in [3.63, 3.8) is 0 Å². The van der Waals surface area contributed by atoms with E-state index in [1.807, 2.05) is 44.2 Å². The number of nitrogens with zero attached hydrogens (tertiary/aromatic N) is 5. The Morgan fingerprint density at radius 3 is 2.64 bits per heavy atom. The van der Waals surface area contributed by atoms with Gasteiger partial charge in [0, 0.05) is 61.6 Å². The molecule has 0 aliphatic carbocycles. The van der Waals surface area contributed by atoms with Gasteiger partial charge in [-0.3, -0.25) is 14.5 Å². The lowest BCUT2D eigenvalue weighted by Crippen LogP contribution is -2.44. The Bertz CT molecular complexity index is 1390. The SMILES string of the molecule is CCc1cnc(NC(=O)[C@@H](C)c2cccc(-c3cnc(NC(=O)/C=C/CN4CCN(C)CC4)c(C#N)c3)c2)s1. The van der Waals surface area contributed by atoms with E-state index >= 15 is 0 Å². The molecule has 1 aliphatic rings.